The van der Waals surface area contributed by atoms with E-state index in [2.05, 4.69) is 12.2 Å². The number of anilines is 1. The molecule has 116 valence electrons. The van der Waals surface area contributed by atoms with Gasteiger partial charge in [-0.3, -0.25) is 10.1 Å². The third kappa shape index (κ3) is 3.45. The van der Waals surface area contributed by atoms with E-state index in [1.54, 1.807) is 22.6 Å². The molecule has 0 aliphatic carbocycles. The largest absolute Gasteiger partial charge is 0.360 e. The normalized spacial score (nSPS) is 22.4. The third-order valence-corrected chi connectivity index (χ3v) is 4.81. The van der Waals surface area contributed by atoms with Crippen molar-refractivity contribution < 1.29 is 9.31 Å². The quantitative estimate of drug-likeness (QED) is 0.473. The molecule has 1 aliphatic heterocycles. The van der Waals surface area contributed by atoms with Crippen molar-refractivity contribution in [2.45, 2.75) is 38.8 Å². The minimum absolute atomic E-state index is 0.0176. The Kier molecular flexibility index (Phi) is 5.37. The molecule has 2 rings (SSSR count). The fourth-order valence-electron chi connectivity index (χ4n) is 2.70. The Bertz CT molecular complexity index is 541. The van der Waals surface area contributed by atoms with Gasteiger partial charge in [0.15, 0.2) is 0 Å². The molecular weight excluding hydrogens is 388 g/mol. The van der Waals surface area contributed by atoms with Gasteiger partial charge >= 0.3 is 0 Å². The highest BCUT2D eigenvalue weighted by atomic mass is 127. The van der Waals surface area contributed by atoms with Crippen molar-refractivity contribution in [1.29, 1.82) is 0 Å². The van der Waals surface area contributed by atoms with E-state index in [1.807, 2.05) is 11.8 Å². The van der Waals surface area contributed by atoms with E-state index >= 15 is 0 Å². The molecule has 2 unspecified atom stereocenters. The summed E-state index contributed by atoms with van der Waals surface area (Å²) in [5, 5.41) is 14.7. The summed E-state index contributed by atoms with van der Waals surface area (Å²) in [6.45, 7) is 5.54. The maximum atomic E-state index is 13.9. The topological polar surface area (TPSA) is 58.4 Å². The van der Waals surface area contributed by atoms with Crippen LogP contribution in [0.25, 0.3) is 0 Å². The van der Waals surface area contributed by atoms with Gasteiger partial charge in [0.25, 0.3) is 5.69 Å². The number of hydrogen-bond acceptors (Lipinski definition) is 4. The number of nitro groups is 1. The van der Waals surface area contributed by atoms with Crippen LogP contribution in [-0.4, -0.2) is 30.1 Å². The highest BCUT2D eigenvalue weighted by Gasteiger charge is 2.31. The first kappa shape index (κ1) is 16.4. The Morgan fingerprint density at radius 1 is 1.48 bits per heavy atom. The predicted octanol–water partition coefficient (Wildman–Crippen LogP) is 3.31. The van der Waals surface area contributed by atoms with Crippen LogP contribution >= 0.6 is 22.6 Å². The van der Waals surface area contributed by atoms with Crippen LogP contribution in [0.1, 0.15) is 26.7 Å². The SMILES string of the molecule is CCC1CN(c2cc(F)c(I)cc2[N+](=O)[O-])C(CC)CN1. The number of benzene rings is 1. The van der Waals surface area contributed by atoms with E-state index in [0.29, 0.717) is 12.2 Å². The average Bonchev–Trinajstić information content (AvgIpc) is 2.48. The van der Waals surface area contributed by atoms with Crippen molar-refractivity contribution in [2.75, 3.05) is 18.0 Å². The lowest BCUT2D eigenvalue weighted by Gasteiger charge is -2.41. The smallest absolute Gasteiger partial charge is 0.293 e. The van der Waals surface area contributed by atoms with Crippen LogP contribution in [0.4, 0.5) is 15.8 Å². The number of halogens is 2. The Morgan fingerprint density at radius 3 is 2.76 bits per heavy atom. The first-order valence-electron chi connectivity index (χ1n) is 7.11. The molecule has 7 heteroatoms. The Morgan fingerprint density at radius 2 is 2.19 bits per heavy atom. The number of nitro benzene ring substituents is 1. The number of piperazine rings is 1. The highest BCUT2D eigenvalue weighted by molar-refractivity contribution is 14.1. The zero-order valence-electron chi connectivity index (χ0n) is 12.1. The summed E-state index contributed by atoms with van der Waals surface area (Å²) >= 11 is 1.79. The van der Waals surface area contributed by atoms with Crippen LogP contribution in [-0.2, 0) is 0 Å². The van der Waals surface area contributed by atoms with Crippen molar-refractivity contribution in [3.05, 3.63) is 31.6 Å². The van der Waals surface area contributed by atoms with E-state index in [-0.39, 0.29) is 21.3 Å². The van der Waals surface area contributed by atoms with Gasteiger partial charge in [-0.15, -0.1) is 0 Å². The van der Waals surface area contributed by atoms with Gasteiger partial charge in [0.2, 0.25) is 0 Å². The second-order valence-corrected chi connectivity index (χ2v) is 6.40. The summed E-state index contributed by atoms with van der Waals surface area (Å²) in [5.41, 5.74) is 0.376. The zero-order chi connectivity index (χ0) is 15.6. The Labute approximate surface area is 137 Å². The Hall–Kier alpha value is -0.960. The van der Waals surface area contributed by atoms with Crippen molar-refractivity contribution >= 4 is 34.0 Å². The zero-order valence-corrected chi connectivity index (χ0v) is 14.3. The van der Waals surface area contributed by atoms with Crippen LogP contribution in [0, 0.1) is 19.5 Å². The van der Waals surface area contributed by atoms with Crippen molar-refractivity contribution in [2.24, 2.45) is 0 Å². The summed E-state index contributed by atoms with van der Waals surface area (Å²) in [4.78, 5) is 12.9. The van der Waals surface area contributed by atoms with E-state index in [9.17, 15) is 14.5 Å². The Balaban J connectivity index is 2.46. The average molecular weight is 407 g/mol. The molecule has 0 aromatic heterocycles. The van der Waals surface area contributed by atoms with Gasteiger partial charge in [-0.1, -0.05) is 13.8 Å². The molecule has 1 aromatic carbocycles. The number of rotatable bonds is 4. The molecule has 5 nitrogen and oxygen atoms in total. The first-order chi connectivity index (χ1) is 9.97. The molecule has 2 atom stereocenters. The lowest BCUT2D eigenvalue weighted by Crippen LogP contribution is -2.56. The standard InChI is InChI=1S/C14H19FIN3O2/c1-3-9-8-18(10(4-2)7-17-9)13-5-11(15)12(16)6-14(13)19(20)21/h5-6,9-10,17H,3-4,7-8H2,1-2H3. The number of nitrogens with one attached hydrogen (secondary N) is 1. The number of nitrogens with zero attached hydrogens (tertiary/aromatic N) is 2. The number of hydrogen-bond donors (Lipinski definition) is 1. The summed E-state index contributed by atoms with van der Waals surface area (Å²) in [5.74, 6) is -0.405. The monoisotopic (exact) mass is 407 g/mol. The van der Waals surface area contributed by atoms with E-state index < -0.39 is 10.7 Å². The van der Waals surface area contributed by atoms with Gasteiger partial charge < -0.3 is 10.2 Å². The maximum Gasteiger partial charge on any atom is 0.293 e. The fraction of sp³-hybridized carbons (Fsp3) is 0.571. The molecule has 1 saturated heterocycles. The predicted molar refractivity (Wildman–Crippen MR) is 89.3 cm³/mol. The van der Waals surface area contributed by atoms with Crippen LogP contribution in [0.2, 0.25) is 0 Å². The van der Waals surface area contributed by atoms with Crippen LogP contribution < -0.4 is 10.2 Å². The van der Waals surface area contributed by atoms with Crippen LogP contribution in [0.5, 0.6) is 0 Å². The molecule has 1 N–H and O–H groups in total. The molecule has 1 heterocycles. The van der Waals surface area contributed by atoms with Gasteiger partial charge in [0, 0.05) is 37.3 Å². The van der Waals surface area contributed by atoms with Gasteiger partial charge in [0.1, 0.15) is 11.5 Å². The molecule has 1 aliphatic rings. The van der Waals surface area contributed by atoms with Gasteiger partial charge in [-0.25, -0.2) is 4.39 Å². The summed E-state index contributed by atoms with van der Waals surface area (Å²) in [7, 11) is 0. The van der Waals surface area contributed by atoms with Crippen molar-refractivity contribution in [1.82, 2.24) is 5.32 Å². The molecule has 0 bridgehead atoms. The third-order valence-electron chi connectivity index (χ3n) is 3.99. The highest BCUT2D eigenvalue weighted by Crippen LogP contribution is 2.34. The molecule has 1 fully saturated rings. The van der Waals surface area contributed by atoms with E-state index in [4.69, 9.17) is 0 Å². The molecule has 0 radical (unpaired) electrons. The lowest BCUT2D eigenvalue weighted by atomic mass is 10.0. The lowest BCUT2D eigenvalue weighted by molar-refractivity contribution is -0.384. The summed E-state index contributed by atoms with van der Waals surface area (Å²) in [6, 6.07) is 3.04. The van der Waals surface area contributed by atoms with Gasteiger partial charge in [0.05, 0.1) is 8.49 Å². The van der Waals surface area contributed by atoms with Gasteiger partial charge in [-0.05, 0) is 35.4 Å². The van der Waals surface area contributed by atoms with Crippen LogP contribution in [0.15, 0.2) is 12.1 Å². The minimum Gasteiger partial charge on any atom is -0.360 e. The molecule has 0 spiro atoms. The molecule has 0 saturated carbocycles. The minimum atomic E-state index is -0.424. The van der Waals surface area contributed by atoms with Gasteiger partial charge in [-0.2, -0.15) is 0 Å². The first-order valence-corrected chi connectivity index (χ1v) is 8.19. The molecule has 1 aromatic rings. The second-order valence-electron chi connectivity index (χ2n) is 5.24. The summed E-state index contributed by atoms with van der Waals surface area (Å²) < 4.78 is 14.2. The van der Waals surface area contributed by atoms with Crippen LogP contribution in [0.3, 0.4) is 0 Å². The maximum absolute atomic E-state index is 13.9. The molecular formula is C14H19FIN3O2. The second kappa shape index (κ2) is 6.87. The fourth-order valence-corrected chi connectivity index (χ4v) is 3.15. The van der Waals surface area contributed by atoms with Crippen molar-refractivity contribution in [3.63, 3.8) is 0 Å². The van der Waals surface area contributed by atoms with E-state index in [0.717, 1.165) is 19.4 Å². The molecule has 21 heavy (non-hydrogen) atoms. The molecule has 0 amide bonds. The summed E-state index contributed by atoms with van der Waals surface area (Å²) in [6.07, 6.45) is 1.79. The van der Waals surface area contributed by atoms with E-state index in [1.165, 1.54) is 12.1 Å². The van der Waals surface area contributed by atoms with Crippen molar-refractivity contribution in [3.8, 4) is 0 Å².